The van der Waals surface area contributed by atoms with E-state index in [4.69, 9.17) is 0 Å². The van der Waals surface area contributed by atoms with Gasteiger partial charge in [-0.2, -0.15) is 0 Å². The lowest BCUT2D eigenvalue weighted by Crippen LogP contribution is -2.50. The Morgan fingerprint density at radius 2 is 1.94 bits per heavy atom. The summed E-state index contributed by atoms with van der Waals surface area (Å²) in [5.74, 6) is -0.322. The Morgan fingerprint density at radius 3 is 2.33 bits per heavy atom. The van der Waals surface area contributed by atoms with Crippen molar-refractivity contribution in [2.45, 2.75) is 25.3 Å². The van der Waals surface area contributed by atoms with Crippen molar-refractivity contribution in [1.82, 2.24) is 4.90 Å². The summed E-state index contributed by atoms with van der Waals surface area (Å²) >= 11 is 0. The van der Waals surface area contributed by atoms with Gasteiger partial charge in [0.25, 0.3) is 0 Å². The Morgan fingerprint density at radius 1 is 1.39 bits per heavy atom. The summed E-state index contributed by atoms with van der Waals surface area (Å²) in [4.78, 5) is 14.5. The number of ketones is 1. The van der Waals surface area contributed by atoms with E-state index in [1.807, 2.05) is 25.9 Å². The highest BCUT2D eigenvalue weighted by molar-refractivity contribution is 6.03. The quantitative estimate of drug-likeness (QED) is 0.569. The third kappa shape index (κ3) is 2.67. The number of hydrogen-bond donors (Lipinski definition) is 0. The maximum atomic E-state index is 12.9. The summed E-state index contributed by atoms with van der Waals surface area (Å²) in [6.07, 6.45) is 3.01. The average molecular weight is 249 g/mol. The number of rotatable bonds is 6. The minimum absolute atomic E-state index is 0.00917. The predicted octanol–water partition coefficient (Wildman–Crippen LogP) is 3.29. The van der Waals surface area contributed by atoms with Gasteiger partial charge in [-0.3, -0.25) is 9.69 Å². The lowest BCUT2D eigenvalue weighted by atomic mass is 9.82. The van der Waals surface area contributed by atoms with E-state index in [0.717, 1.165) is 0 Å². The Kier molecular flexibility index (Phi) is 4.79. The Hall–Kier alpha value is -1.48. The lowest BCUT2D eigenvalue weighted by Gasteiger charge is -2.37. The molecule has 0 aliphatic heterocycles. The molecule has 0 saturated heterocycles. The minimum atomic E-state index is -0.598. The van der Waals surface area contributed by atoms with Crippen LogP contribution in [0.15, 0.2) is 36.9 Å². The number of carbonyl (C=O) groups excluding carboxylic acids is 1. The zero-order chi connectivity index (χ0) is 13.8. The molecule has 0 fully saturated rings. The van der Waals surface area contributed by atoms with Crippen molar-refractivity contribution in [3.05, 3.63) is 48.3 Å². The zero-order valence-electron chi connectivity index (χ0n) is 11.2. The van der Waals surface area contributed by atoms with Crippen molar-refractivity contribution < 1.29 is 9.18 Å². The van der Waals surface area contributed by atoms with Crippen LogP contribution < -0.4 is 0 Å². The van der Waals surface area contributed by atoms with Crippen molar-refractivity contribution in [3.8, 4) is 0 Å². The van der Waals surface area contributed by atoms with Gasteiger partial charge in [-0.1, -0.05) is 13.0 Å². The Bertz CT molecular complexity index is 425. The van der Waals surface area contributed by atoms with Crippen LogP contribution >= 0.6 is 0 Å². The van der Waals surface area contributed by atoms with Crippen LogP contribution in [0.25, 0.3) is 0 Å². The first-order valence-electron chi connectivity index (χ1n) is 6.06. The normalized spacial score (nSPS) is 14.3. The van der Waals surface area contributed by atoms with Crippen LogP contribution in [0.1, 0.15) is 30.1 Å². The Balaban J connectivity index is 3.17. The summed E-state index contributed by atoms with van der Waals surface area (Å²) in [5, 5.41) is 0. The number of carbonyl (C=O) groups is 1. The Labute approximate surface area is 108 Å². The van der Waals surface area contributed by atoms with E-state index in [2.05, 4.69) is 6.58 Å². The van der Waals surface area contributed by atoms with Gasteiger partial charge in [0.05, 0.1) is 5.54 Å². The van der Waals surface area contributed by atoms with E-state index < -0.39 is 5.54 Å². The molecule has 0 aliphatic carbocycles. The van der Waals surface area contributed by atoms with E-state index in [1.165, 1.54) is 24.3 Å². The number of nitrogens with zero attached hydrogens (tertiary/aromatic N) is 1. The number of hydrogen-bond acceptors (Lipinski definition) is 2. The van der Waals surface area contributed by atoms with Gasteiger partial charge in [0, 0.05) is 5.56 Å². The largest absolute Gasteiger partial charge is 0.297 e. The molecular formula is C15H20FNO. The van der Waals surface area contributed by atoms with E-state index in [0.29, 0.717) is 18.4 Å². The molecule has 0 aliphatic rings. The van der Waals surface area contributed by atoms with Gasteiger partial charge in [0.1, 0.15) is 5.82 Å². The van der Waals surface area contributed by atoms with Gasteiger partial charge < -0.3 is 0 Å². The summed E-state index contributed by atoms with van der Waals surface area (Å²) < 4.78 is 12.9. The third-order valence-electron chi connectivity index (χ3n) is 3.45. The van der Waals surface area contributed by atoms with Crippen LogP contribution in [-0.2, 0) is 0 Å². The maximum absolute atomic E-state index is 12.9. The number of benzene rings is 1. The molecule has 1 rings (SSSR count). The first-order valence-corrected chi connectivity index (χ1v) is 6.06. The van der Waals surface area contributed by atoms with E-state index in [1.54, 1.807) is 6.08 Å². The standard InChI is InChI=1S/C15H20FNO/c1-5-11-15(6-2,17(3)4)14(18)12-7-9-13(16)10-8-12/h5,7-10H,1,6,11H2,2-4H3. The molecule has 0 bridgehead atoms. The molecule has 1 aromatic rings. The van der Waals surface area contributed by atoms with Crippen LogP contribution in [0, 0.1) is 5.82 Å². The second-order valence-corrected chi connectivity index (χ2v) is 4.61. The molecule has 0 spiro atoms. The summed E-state index contributed by atoms with van der Waals surface area (Å²) in [7, 11) is 3.77. The number of Topliss-reactive ketones (excluding diaryl/α,β-unsaturated/α-hetero) is 1. The summed E-state index contributed by atoms with van der Waals surface area (Å²) in [6.45, 7) is 5.70. The van der Waals surface area contributed by atoms with Gasteiger partial charge in [0.2, 0.25) is 0 Å². The smallest absolute Gasteiger partial charge is 0.183 e. The first kappa shape index (κ1) is 14.6. The molecule has 1 aromatic carbocycles. The van der Waals surface area contributed by atoms with Crippen molar-refractivity contribution >= 4 is 5.78 Å². The van der Waals surface area contributed by atoms with Crippen LogP contribution in [-0.4, -0.2) is 30.3 Å². The molecule has 0 aromatic heterocycles. The second kappa shape index (κ2) is 5.91. The molecule has 1 atom stereocenters. The first-order chi connectivity index (χ1) is 8.47. The highest BCUT2D eigenvalue weighted by Gasteiger charge is 2.38. The molecule has 2 nitrogen and oxygen atoms in total. The van der Waals surface area contributed by atoms with Crippen molar-refractivity contribution in [3.63, 3.8) is 0 Å². The molecule has 0 heterocycles. The number of halogens is 1. The highest BCUT2D eigenvalue weighted by Crippen LogP contribution is 2.27. The lowest BCUT2D eigenvalue weighted by molar-refractivity contribution is 0.0673. The topological polar surface area (TPSA) is 20.3 Å². The highest BCUT2D eigenvalue weighted by atomic mass is 19.1. The van der Waals surface area contributed by atoms with Crippen LogP contribution in [0.3, 0.4) is 0 Å². The number of likely N-dealkylation sites (N-methyl/N-ethyl adjacent to an activating group) is 1. The van der Waals surface area contributed by atoms with Crippen LogP contribution in [0.4, 0.5) is 4.39 Å². The minimum Gasteiger partial charge on any atom is -0.297 e. The fourth-order valence-corrected chi connectivity index (χ4v) is 2.21. The molecule has 0 amide bonds. The average Bonchev–Trinajstić information content (AvgIpc) is 2.35. The van der Waals surface area contributed by atoms with E-state index in [-0.39, 0.29) is 11.6 Å². The molecule has 0 saturated carbocycles. The van der Waals surface area contributed by atoms with E-state index in [9.17, 15) is 9.18 Å². The zero-order valence-corrected chi connectivity index (χ0v) is 11.2. The van der Waals surface area contributed by atoms with Gasteiger partial charge in [-0.25, -0.2) is 4.39 Å². The van der Waals surface area contributed by atoms with Gasteiger partial charge in [0.15, 0.2) is 5.78 Å². The SMILES string of the molecule is C=CCC(CC)(C(=O)c1ccc(F)cc1)N(C)C. The van der Waals surface area contributed by atoms with Crippen LogP contribution in [0.2, 0.25) is 0 Å². The van der Waals surface area contributed by atoms with Crippen molar-refractivity contribution in [1.29, 1.82) is 0 Å². The third-order valence-corrected chi connectivity index (χ3v) is 3.45. The van der Waals surface area contributed by atoms with E-state index >= 15 is 0 Å². The van der Waals surface area contributed by atoms with Crippen molar-refractivity contribution in [2.75, 3.05) is 14.1 Å². The monoisotopic (exact) mass is 249 g/mol. The predicted molar refractivity (Wildman–Crippen MR) is 72.3 cm³/mol. The van der Waals surface area contributed by atoms with Crippen molar-refractivity contribution in [2.24, 2.45) is 0 Å². The van der Waals surface area contributed by atoms with Gasteiger partial charge in [-0.05, 0) is 51.2 Å². The molecular weight excluding hydrogens is 229 g/mol. The second-order valence-electron chi connectivity index (χ2n) is 4.61. The maximum Gasteiger partial charge on any atom is 0.183 e. The fourth-order valence-electron chi connectivity index (χ4n) is 2.21. The fraction of sp³-hybridized carbons (Fsp3) is 0.400. The molecule has 0 N–H and O–H groups in total. The molecule has 98 valence electrons. The summed E-state index contributed by atoms with van der Waals surface area (Å²) in [5.41, 5.74) is -0.0617. The molecule has 18 heavy (non-hydrogen) atoms. The van der Waals surface area contributed by atoms with Gasteiger partial charge >= 0.3 is 0 Å². The molecule has 3 heteroatoms. The summed E-state index contributed by atoms with van der Waals surface area (Å²) in [6, 6.07) is 5.71. The van der Waals surface area contributed by atoms with Crippen LogP contribution in [0.5, 0.6) is 0 Å². The van der Waals surface area contributed by atoms with Gasteiger partial charge in [-0.15, -0.1) is 6.58 Å². The molecule has 0 radical (unpaired) electrons. The molecule has 1 unspecified atom stereocenters.